The summed E-state index contributed by atoms with van der Waals surface area (Å²) < 4.78 is 1.66. The van der Waals surface area contributed by atoms with Gasteiger partial charge in [0.25, 0.3) is 5.69 Å². The number of benzene rings is 1. The predicted molar refractivity (Wildman–Crippen MR) is 90.0 cm³/mol. The number of nitrogens with zero attached hydrogens (tertiary/aromatic N) is 5. The van der Waals surface area contributed by atoms with Crippen molar-refractivity contribution in [2.24, 2.45) is 10.9 Å². The van der Waals surface area contributed by atoms with Crippen molar-refractivity contribution in [3.05, 3.63) is 41.0 Å². The van der Waals surface area contributed by atoms with Gasteiger partial charge in [-0.2, -0.15) is 0 Å². The highest BCUT2D eigenvalue weighted by Gasteiger charge is 2.23. The third-order valence-electron chi connectivity index (χ3n) is 3.90. The molecule has 0 unspecified atom stereocenters. The smallest absolute Gasteiger partial charge is 0.295 e. The number of imidazole rings is 1. The molecule has 0 saturated heterocycles. The summed E-state index contributed by atoms with van der Waals surface area (Å²) >= 11 is 0. The van der Waals surface area contributed by atoms with E-state index in [4.69, 9.17) is 0 Å². The maximum Gasteiger partial charge on any atom is 0.295 e. The Hall–Kier alpha value is -2.70. The van der Waals surface area contributed by atoms with Crippen LogP contribution in [0.2, 0.25) is 0 Å². The summed E-state index contributed by atoms with van der Waals surface area (Å²) in [6, 6.07) is 3.38. The number of aromatic nitrogens is 2. The fourth-order valence-corrected chi connectivity index (χ4v) is 2.63. The van der Waals surface area contributed by atoms with Gasteiger partial charge in [0.15, 0.2) is 0 Å². The van der Waals surface area contributed by atoms with E-state index in [0.717, 1.165) is 25.2 Å². The minimum Gasteiger partial charge on any atom is -0.364 e. The number of anilines is 1. The number of fused-ring (bicyclic) bond motifs is 1. The molecular formula is C16H19N5O2. The first-order chi connectivity index (χ1) is 11.1. The standard InChI is InChI=1S/C16H19N5O2/c1-12(2)3-6-19-8-5-18-13-9-16(21(22)23)15(10-14(13)19)20-7-4-17-11-20/h4-5,7,9-12H,3,6,8H2,1-2H3. The van der Waals surface area contributed by atoms with Crippen molar-refractivity contribution < 1.29 is 4.92 Å². The number of nitro groups is 1. The molecule has 0 radical (unpaired) electrons. The molecule has 1 aromatic carbocycles. The number of hydrogen-bond acceptors (Lipinski definition) is 5. The number of nitro benzene ring substituents is 1. The molecule has 3 rings (SSSR count). The zero-order valence-corrected chi connectivity index (χ0v) is 13.2. The number of rotatable bonds is 5. The molecule has 1 aliphatic rings. The van der Waals surface area contributed by atoms with Gasteiger partial charge in [-0.15, -0.1) is 0 Å². The van der Waals surface area contributed by atoms with Gasteiger partial charge in [-0.25, -0.2) is 4.98 Å². The van der Waals surface area contributed by atoms with Crippen LogP contribution in [-0.2, 0) is 0 Å². The molecule has 0 spiro atoms. The fraction of sp³-hybridized carbons (Fsp3) is 0.375. The molecular weight excluding hydrogens is 294 g/mol. The molecule has 0 aliphatic carbocycles. The normalized spacial score (nSPS) is 13.4. The minimum atomic E-state index is -0.377. The summed E-state index contributed by atoms with van der Waals surface area (Å²) in [5, 5.41) is 11.4. The lowest BCUT2D eigenvalue weighted by atomic mass is 10.1. The highest BCUT2D eigenvalue weighted by molar-refractivity contribution is 5.85. The third kappa shape index (κ3) is 3.08. The van der Waals surface area contributed by atoms with Gasteiger partial charge < -0.3 is 9.47 Å². The molecule has 0 N–H and O–H groups in total. The first-order valence-electron chi connectivity index (χ1n) is 7.64. The topological polar surface area (TPSA) is 76.6 Å². The van der Waals surface area contributed by atoms with Gasteiger partial charge in [-0.1, -0.05) is 13.8 Å². The van der Waals surface area contributed by atoms with E-state index in [1.165, 1.54) is 0 Å². The third-order valence-corrected chi connectivity index (χ3v) is 3.90. The van der Waals surface area contributed by atoms with E-state index >= 15 is 0 Å². The van der Waals surface area contributed by atoms with E-state index in [1.807, 2.05) is 12.3 Å². The summed E-state index contributed by atoms with van der Waals surface area (Å²) in [4.78, 5) is 21.6. The Labute approximate surface area is 134 Å². The summed E-state index contributed by atoms with van der Waals surface area (Å²) in [6.45, 7) is 6.00. The van der Waals surface area contributed by atoms with Crippen molar-refractivity contribution in [2.45, 2.75) is 20.3 Å². The van der Waals surface area contributed by atoms with Gasteiger partial charge in [0.2, 0.25) is 0 Å². The van der Waals surface area contributed by atoms with Crippen LogP contribution in [0.5, 0.6) is 0 Å². The molecule has 0 amide bonds. The van der Waals surface area contributed by atoms with Gasteiger partial charge in [0.1, 0.15) is 5.69 Å². The Balaban J connectivity index is 2.06. The molecule has 7 heteroatoms. The van der Waals surface area contributed by atoms with E-state index in [0.29, 0.717) is 17.3 Å². The fourth-order valence-electron chi connectivity index (χ4n) is 2.63. The van der Waals surface area contributed by atoms with E-state index in [-0.39, 0.29) is 10.6 Å². The first kappa shape index (κ1) is 15.2. The van der Waals surface area contributed by atoms with Crippen LogP contribution in [0, 0.1) is 16.0 Å². The predicted octanol–water partition coefficient (Wildman–Crippen LogP) is 3.35. The zero-order chi connectivity index (χ0) is 16.4. The second-order valence-corrected chi connectivity index (χ2v) is 6.00. The molecule has 0 bridgehead atoms. The van der Waals surface area contributed by atoms with Crippen LogP contribution in [0.4, 0.5) is 17.1 Å². The lowest BCUT2D eigenvalue weighted by Crippen LogP contribution is -2.29. The molecule has 1 aliphatic heterocycles. The molecule has 7 nitrogen and oxygen atoms in total. The average molecular weight is 313 g/mol. The quantitative estimate of drug-likeness (QED) is 0.626. The molecule has 2 aromatic rings. The molecule has 2 heterocycles. The van der Waals surface area contributed by atoms with Gasteiger partial charge >= 0.3 is 0 Å². The second-order valence-electron chi connectivity index (χ2n) is 6.00. The van der Waals surface area contributed by atoms with Crippen LogP contribution < -0.4 is 4.90 Å². The van der Waals surface area contributed by atoms with E-state index in [9.17, 15) is 10.1 Å². The SMILES string of the molecule is CC(C)CCN1CC=Nc2cc([N+](=O)[O-])c(-n3ccnc3)cc21. The number of hydrogen-bond donors (Lipinski definition) is 0. The first-order valence-corrected chi connectivity index (χ1v) is 7.64. The summed E-state index contributed by atoms with van der Waals surface area (Å²) in [5.41, 5.74) is 2.13. The van der Waals surface area contributed by atoms with Gasteiger partial charge in [0.05, 0.1) is 29.2 Å². The van der Waals surface area contributed by atoms with Crippen molar-refractivity contribution in [1.82, 2.24) is 9.55 Å². The van der Waals surface area contributed by atoms with Crippen molar-refractivity contribution in [1.29, 1.82) is 0 Å². The van der Waals surface area contributed by atoms with Crippen LogP contribution in [0.1, 0.15) is 20.3 Å². The Bertz CT molecular complexity index is 737. The molecule has 1 aromatic heterocycles. The van der Waals surface area contributed by atoms with Gasteiger partial charge in [-0.3, -0.25) is 15.1 Å². The Morgan fingerprint density at radius 3 is 2.83 bits per heavy atom. The molecule has 0 fully saturated rings. The maximum absolute atomic E-state index is 11.4. The Morgan fingerprint density at radius 1 is 1.35 bits per heavy atom. The van der Waals surface area contributed by atoms with Crippen LogP contribution in [0.15, 0.2) is 35.8 Å². The van der Waals surface area contributed by atoms with Crippen LogP contribution in [0.3, 0.4) is 0 Å². The molecule has 0 atom stereocenters. The highest BCUT2D eigenvalue weighted by atomic mass is 16.6. The van der Waals surface area contributed by atoms with E-state index in [1.54, 1.807) is 29.4 Å². The lowest BCUT2D eigenvalue weighted by molar-refractivity contribution is -0.384. The van der Waals surface area contributed by atoms with E-state index in [2.05, 4.69) is 28.7 Å². The summed E-state index contributed by atoms with van der Waals surface area (Å²) in [7, 11) is 0. The zero-order valence-electron chi connectivity index (χ0n) is 13.2. The van der Waals surface area contributed by atoms with Gasteiger partial charge in [-0.05, 0) is 18.4 Å². The van der Waals surface area contributed by atoms with Crippen molar-refractivity contribution in [3.8, 4) is 5.69 Å². The van der Waals surface area contributed by atoms with Crippen molar-refractivity contribution in [3.63, 3.8) is 0 Å². The largest absolute Gasteiger partial charge is 0.364 e. The Morgan fingerprint density at radius 2 is 2.17 bits per heavy atom. The average Bonchev–Trinajstić information content (AvgIpc) is 3.05. The molecule has 0 saturated carbocycles. The Kier molecular flexibility index (Phi) is 4.10. The minimum absolute atomic E-state index is 0.0320. The second kappa shape index (κ2) is 6.20. The van der Waals surface area contributed by atoms with Crippen LogP contribution in [0.25, 0.3) is 5.69 Å². The summed E-state index contributed by atoms with van der Waals surface area (Å²) in [6.07, 6.45) is 7.75. The van der Waals surface area contributed by atoms with Crippen molar-refractivity contribution in [2.75, 3.05) is 18.0 Å². The maximum atomic E-state index is 11.4. The van der Waals surface area contributed by atoms with Gasteiger partial charge in [0, 0.05) is 31.2 Å². The summed E-state index contributed by atoms with van der Waals surface area (Å²) in [5.74, 6) is 0.600. The van der Waals surface area contributed by atoms with Crippen LogP contribution in [-0.4, -0.2) is 33.8 Å². The number of aliphatic imine (C=N–C) groups is 1. The van der Waals surface area contributed by atoms with Crippen LogP contribution >= 0.6 is 0 Å². The highest BCUT2D eigenvalue weighted by Crippen LogP contribution is 2.38. The monoisotopic (exact) mass is 313 g/mol. The molecule has 23 heavy (non-hydrogen) atoms. The van der Waals surface area contributed by atoms with E-state index < -0.39 is 0 Å². The van der Waals surface area contributed by atoms with Crippen molar-refractivity contribution >= 4 is 23.3 Å². The molecule has 120 valence electrons. The lowest BCUT2D eigenvalue weighted by Gasteiger charge is -2.28.